The first-order valence-corrected chi connectivity index (χ1v) is 23.4. The molecule has 1 aliphatic heterocycles. The van der Waals surface area contributed by atoms with Crippen molar-refractivity contribution in [2.45, 2.75) is 200 Å². The van der Waals surface area contributed by atoms with Crippen molar-refractivity contribution >= 4 is 17.9 Å². The molecule has 0 saturated carbocycles. The molecule has 0 aliphatic carbocycles. The van der Waals surface area contributed by atoms with Crippen LogP contribution in [0.1, 0.15) is 194 Å². The lowest BCUT2D eigenvalue weighted by molar-refractivity contribution is -0.153. The van der Waals surface area contributed by atoms with E-state index in [1.165, 1.54) is 64.2 Å². The van der Waals surface area contributed by atoms with E-state index in [9.17, 15) is 19.5 Å². The molecule has 8 nitrogen and oxygen atoms in total. The number of unbranched alkanes of at least 4 members (excludes halogenated alkanes) is 18. The predicted molar refractivity (Wildman–Crippen MR) is 236 cm³/mol. The van der Waals surface area contributed by atoms with Crippen LogP contribution in [0.2, 0.25) is 0 Å². The van der Waals surface area contributed by atoms with Crippen molar-refractivity contribution in [3.63, 3.8) is 0 Å². The molecule has 1 fully saturated rings. The first-order chi connectivity index (χ1) is 27.9. The number of aliphatic hydroxyl groups excluding tert-OH is 1. The summed E-state index contributed by atoms with van der Waals surface area (Å²) in [5.41, 5.74) is 0. The molecule has 0 aromatic rings. The van der Waals surface area contributed by atoms with E-state index in [4.69, 9.17) is 14.2 Å². The van der Waals surface area contributed by atoms with Gasteiger partial charge in [-0.25, -0.2) is 0 Å². The van der Waals surface area contributed by atoms with Crippen molar-refractivity contribution in [1.29, 1.82) is 0 Å². The maximum atomic E-state index is 12.5. The highest BCUT2D eigenvalue weighted by Gasteiger charge is 2.23. The average molecular weight is 800 g/mol. The van der Waals surface area contributed by atoms with E-state index in [0.717, 1.165) is 116 Å². The SMILES string of the molecule is CCCCC/C=C\C/C=C\CCCCCCCC(=O)OCC(COC(=O)CCCCCCC/C=C\C/C=C\CCCCC)COC(=O)CCCCCN1CC(O)C1. The standard InChI is InChI=1S/C49H85NO7/c1-3-5-7-9-11-13-15-17-19-21-23-25-27-29-32-36-47(52)55-42-45(44-57-49(54)38-34-31-35-39-50-40-46(51)41-50)43-56-48(53)37-33-30-28-26-24-22-20-18-16-14-12-10-8-6-4-2/h11-14,17-20,45-46,51H,3-10,15-16,21-44H2,1-2H3/b13-11-,14-12-,19-17-,20-18-. The van der Waals surface area contributed by atoms with Crippen LogP contribution in [0, 0.1) is 5.92 Å². The van der Waals surface area contributed by atoms with E-state index in [0.29, 0.717) is 19.3 Å². The van der Waals surface area contributed by atoms with Crippen LogP contribution in [-0.4, -0.2) is 73.5 Å². The van der Waals surface area contributed by atoms with E-state index in [1.807, 2.05) is 0 Å². The molecule has 0 amide bonds. The fourth-order valence-electron chi connectivity index (χ4n) is 6.66. The van der Waals surface area contributed by atoms with Gasteiger partial charge in [0.05, 0.1) is 12.0 Å². The number of β-amino-alcohol motifs (C(OH)–C–C–N with tert-alkyl or cyclic N) is 1. The quantitative estimate of drug-likeness (QED) is 0.0283. The van der Waals surface area contributed by atoms with Crippen LogP contribution in [0.4, 0.5) is 0 Å². The highest BCUT2D eigenvalue weighted by atomic mass is 16.6. The largest absolute Gasteiger partial charge is 0.465 e. The molecule has 1 N–H and O–H groups in total. The molecule has 328 valence electrons. The predicted octanol–water partition coefficient (Wildman–Crippen LogP) is 12.1. The van der Waals surface area contributed by atoms with Crippen LogP contribution in [0.5, 0.6) is 0 Å². The van der Waals surface area contributed by atoms with Gasteiger partial charge in [0.2, 0.25) is 0 Å². The van der Waals surface area contributed by atoms with Crippen molar-refractivity contribution in [2.75, 3.05) is 39.5 Å². The minimum Gasteiger partial charge on any atom is -0.465 e. The zero-order chi connectivity index (χ0) is 41.3. The second kappa shape index (κ2) is 40.1. The van der Waals surface area contributed by atoms with Gasteiger partial charge in [0, 0.05) is 32.4 Å². The number of esters is 3. The molecule has 0 bridgehead atoms. The molecule has 1 heterocycles. The zero-order valence-corrected chi connectivity index (χ0v) is 36.7. The number of allylic oxidation sites excluding steroid dienone is 8. The molecule has 1 aliphatic rings. The highest BCUT2D eigenvalue weighted by molar-refractivity contribution is 5.70. The molecular weight excluding hydrogens is 715 g/mol. The summed E-state index contributed by atoms with van der Waals surface area (Å²) in [5, 5.41) is 9.42. The Kier molecular flexibility index (Phi) is 36.8. The second-order valence-corrected chi connectivity index (χ2v) is 16.1. The summed E-state index contributed by atoms with van der Waals surface area (Å²) in [6.07, 6.45) is 46.4. The van der Waals surface area contributed by atoms with E-state index in [2.05, 4.69) is 67.4 Å². The molecule has 8 heteroatoms. The van der Waals surface area contributed by atoms with Gasteiger partial charge in [0.25, 0.3) is 0 Å². The minimum absolute atomic E-state index is 0.0540. The van der Waals surface area contributed by atoms with Crippen molar-refractivity contribution in [3.8, 4) is 0 Å². The second-order valence-electron chi connectivity index (χ2n) is 16.1. The number of likely N-dealkylation sites (tertiary alicyclic amines) is 1. The van der Waals surface area contributed by atoms with Gasteiger partial charge < -0.3 is 19.3 Å². The Bertz CT molecular complexity index is 1020. The molecule has 0 aromatic carbocycles. The van der Waals surface area contributed by atoms with Crippen LogP contribution in [0.3, 0.4) is 0 Å². The van der Waals surface area contributed by atoms with Crippen LogP contribution >= 0.6 is 0 Å². The van der Waals surface area contributed by atoms with Gasteiger partial charge in [-0.15, -0.1) is 0 Å². The van der Waals surface area contributed by atoms with Crippen LogP contribution in [-0.2, 0) is 28.6 Å². The molecule has 0 unspecified atom stereocenters. The number of carbonyl (C=O) groups is 3. The Balaban J connectivity index is 2.26. The number of carbonyl (C=O) groups excluding carboxylic acids is 3. The third-order valence-electron chi connectivity index (χ3n) is 10.4. The number of ether oxygens (including phenoxy) is 3. The van der Waals surface area contributed by atoms with E-state index < -0.39 is 5.92 Å². The monoisotopic (exact) mass is 800 g/mol. The van der Waals surface area contributed by atoms with E-state index >= 15 is 0 Å². The third kappa shape index (κ3) is 36.1. The van der Waals surface area contributed by atoms with Crippen LogP contribution < -0.4 is 0 Å². The van der Waals surface area contributed by atoms with E-state index in [-0.39, 0.29) is 43.8 Å². The van der Waals surface area contributed by atoms with Crippen LogP contribution in [0.25, 0.3) is 0 Å². The first-order valence-electron chi connectivity index (χ1n) is 23.4. The zero-order valence-electron chi connectivity index (χ0n) is 36.7. The summed E-state index contributed by atoms with van der Waals surface area (Å²) in [6.45, 7) is 7.06. The summed E-state index contributed by atoms with van der Waals surface area (Å²) in [4.78, 5) is 39.8. The summed E-state index contributed by atoms with van der Waals surface area (Å²) >= 11 is 0. The molecule has 0 atom stereocenters. The Hall–Kier alpha value is -2.71. The fourth-order valence-corrected chi connectivity index (χ4v) is 6.66. The molecule has 0 spiro atoms. The van der Waals surface area contributed by atoms with E-state index in [1.54, 1.807) is 0 Å². The van der Waals surface area contributed by atoms with Gasteiger partial charge in [-0.3, -0.25) is 19.3 Å². The number of rotatable bonds is 40. The smallest absolute Gasteiger partial charge is 0.305 e. The summed E-state index contributed by atoms with van der Waals surface area (Å²) in [5.74, 6) is -1.20. The summed E-state index contributed by atoms with van der Waals surface area (Å²) < 4.78 is 16.7. The Morgan fingerprint density at radius 1 is 0.491 bits per heavy atom. The van der Waals surface area contributed by atoms with Gasteiger partial charge in [-0.05, 0) is 96.4 Å². The Morgan fingerprint density at radius 3 is 1.19 bits per heavy atom. The lowest BCUT2D eigenvalue weighted by Crippen LogP contribution is -2.50. The maximum Gasteiger partial charge on any atom is 0.305 e. The van der Waals surface area contributed by atoms with Crippen molar-refractivity contribution in [1.82, 2.24) is 4.90 Å². The molecule has 57 heavy (non-hydrogen) atoms. The topological polar surface area (TPSA) is 102 Å². The molecule has 0 aromatic heterocycles. The number of nitrogens with zero attached hydrogens (tertiary/aromatic N) is 1. The number of hydrogen-bond donors (Lipinski definition) is 1. The van der Waals surface area contributed by atoms with Crippen molar-refractivity contribution in [3.05, 3.63) is 48.6 Å². The molecular formula is C49H85NO7. The number of aliphatic hydroxyl groups is 1. The molecule has 0 radical (unpaired) electrons. The van der Waals surface area contributed by atoms with Gasteiger partial charge in [-0.1, -0.05) is 133 Å². The van der Waals surface area contributed by atoms with Crippen LogP contribution in [0.15, 0.2) is 48.6 Å². The Labute approximate surface area is 349 Å². The first kappa shape index (κ1) is 52.3. The van der Waals surface area contributed by atoms with Gasteiger partial charge in [0.1, 0.15) is 19.8 Å². The molecule has 1 saturated heterocycles. The number of hydrogen-bond acceptors (Lipinski definition) is 8. The van der Waals surface area contributed by atoms with Gasteiger partial charge >= 0.3 is 17.9 Å². The third-order valence-corrected chi connectivity index (χ3v) is 10.4. The summed E-state index contributed by atoms with van der Waals surface area (Å²) in [7, 11) is 0. The lowest BCUT2D eigenvalue weighted by Gasteiger charge is -2.35. The minimum atomic E-state index is -0.395. The lowest BCUT2D eigenvalue weighted by atomic mass is 10.1. The highest BCUT2D eigenvalue weighted by Crippen LogP contribution is 2.14. The van der Waals surface area contributed by atoms with Gasteiger partial charge in [-0.2, -0.15) is 0 Å². The van der Waals surface area contributed by atoms with Crippen molar-refractivity contribution < 1.29 is 33.7 Å². The molecule has 1 rings (SSSR count). The average Bonchev–Trinajstić information content (AvgIpc) is 3.19. The maximum absolute atomic E-state index is 12.5. The van der Waals surface area contributed by atoms with Gasteiger partial charge in [0.15, 0.2) is 0 Å². The summed E-state index contributed by atoms with van der Waals surface area (Å²) in [6, 6.07) is 0. The van der Waals surface area contributed by atoms with Crippen molar-refractivity contribution in [2.24, 2.45) is 5.92 Å². The normalized spacial score (nSPS) is 13.8. The fraction of sp³-hybridized carbons (Fsp3) is 0.776. The Morgan fingerprint density at radius 2 is 0.825 bits per heavy atom.